The maximum absolute atomic E-state index is 11.2. The lowest BCUT2D eigenvalue weighted by atomic mass is 9.67. The minimum Gasteiger partial charge on any atom is -0.469 e. The predicted octanol–water partition coefficient (Wildman–Crippen LogP) is 8.36. The van der Waals surface area contributed by atoms with Gasteiger partial charge in [-0.3, -0.25) is 14.4 Å². The van der Waals surface area contributed by atoms with Gasteiger partial charge < -0.3 is 14.6 Å². The first kappa shape index (κ1) is 40.0. The molecular weight excluding hydrogens is 725 g/mol. The Kier molecular flexibility index (Phi) is 17.7. The SMILES string of the molecule is CC[SiH](CC)CC.COC(=O)C1CC(O)(c2ccc(Br)cc2)C1.COC(=O)C1CC(c2ccc(Br)cc2)C1.O=CC(F)(F)F. The average Bonchev–Trinajstić information content (AvgIpc) is 2.97. The number of rotatable bonds is 7. The van der Waals surface area contributed by atoms with Crippen LogP contribution in [0.2, 0.25) is 18.1 Å². The summed E-state index contributed by atoms with van der Waals surface area (Å²) in [6.07, 6.45) is -2.96. The molecule has 2 aliphatic rings. The topological polar surface area (TPSA) is 89.9 Å². The quantitative estimate of drug-likeness (QED) is 0.173. The summed E-state index contributed by atoms with van der Waals surface area (Å²) in [5, 5.41) is 10.3. The summed E-state index contributed by atoms with van der Waals surface area (Å²) >= 11 is 6.75. The molecule has 44 heavy (non-hydrogen) atoms. The molecule has 0 radical (unpaired) electrons. The van der Waals surface area contributed by atoms with E-state index in [-0.39, 0.29) is 32.6 Å². The van der Waals surface area contributed by atoms with E-state index in [2.05, 4.69) is 69.5 Å². The fourth-order valence-corrected chi connectivity index (χ4v) is 7.20. The van der Waals surface area contributed by atoms with Crippen LogP contribution in [0.3, 0.4) is 0 Å². The van der Waals surface area contributed by atoms with Crippen molar-refractivity contribution in [3.63, 3.8) is 0 Å². The first-order valence-corrected chi connectivity index (χ1v) is 18.6. The van der Waals surface area contributed by atoms with E-state index >= 15 is 0 Å². The maximum Gasteiger partial charge on any atom is 0.446 e. The predicted molar refractivity (Wildman–Crippen MR) is 175 cm³/mol. The molecule has 0 unspecified atom stereocenters. The van der Waals surface area contributed by atoms with Gasteiger partial charge in [-0.1, -0.05) is 95.0 Å². The van der Waals surface area contributed by atoms with Gasteiger partial charge in [-0.2, -0.15) is 13.2 Å². The van der Waals surface area contributed by atoms with E-state index in [4.69, 9.17) is 9.53 Å². The monoisotopic (exact) mass is 766 g/mol. The molecule has 4 rings (SSSR count). The lowest BCUT2D eigenvalue weighted by Gasteiger charge is -2.42. The van der Waals surface area contributed by atoms with Crippen LogP contribution in [0.4, 0.5) is 13.2 Å². The van der Waals surface area contributed by atoms with E-state index in [0.717, 1.165) is 27.4 Å². The van der Waals surface area contributed by atoms with E-state index in [9.17, 15) is 27.9 Å². The van der Waals surface area contributed by atoms with Crippen molar-refractivity contribution < 1.29 is 42.1 Å². The van der Waals surface area contributed by atoms with Gasteiger partial charge in [0.1, 0.15) is 0 Å². The summed E-state index contributed by atoms with van der Waals surface area (Å²) in [6.45, 7) is 6.97. The molecule has 12 heteroatoms. The molecule has 0 aromatic heterocycles. The molecule has 2 fully saturated rings. The lowest BCUT2D eigenvalue weighted by molar-refractivity contribution is -0.163. The highest BCUT2D eigenvalue weighted by molar-refractivity contribution is 9.10. The first-order chi connectivity index (χ1) is 20.7. The van der Waals surface area contributed by atoms with Gasteiger partial charge in [0, 0.05) is 17.7 Å². The van der Waals surface area contributed by atoms with E-state index in [0.29, 0.717) is 18.8 Å². The van der Waals surface area contributed by atoms with Gasteiger partial charge in [-0.15, -0.1) is 0 Å². The summed E-state index contributed by atoms with van der Waals surface area (Å²) in [7, 11) is 2.66. The highest BCUT2D eigenvalue weighted by Gasteiger charge is 2.47. The smallest absolute Gasteiger partial charge is 0.446 e. The van der Waals surface area contributed by atoms with Crippen LogP contribution in [0.1, 0.15) is 63.5 Å². The molecule has 6 nitrogen and oxygen atoms in total. The number of esters is 2. The van der Waals surface area contributed by atoms with E-state index in [1.54, 1.807) is 0 Å². The zero-order chi connectivity index (χ0) is 33.5. The Morgan fingerprint density at radius 1 is 0.864 bits per heavy atom. The molecule has 0 amide bonds. The molecule has 0 saturated heterocycles. The number of benzene rings is 2. The third kappa shape index (κ3) is 13.5. The fraction of sp³-hybridized carbons (Fsp3) is 0.531. The van der Waals surface area contributed by atoms with Crippen molar-refractivity contribution in [1.29, 1.82) is 0 Å². The summed E-state index contributed by atoms with van der Waals surface area (Å²) < 4.78 is 42.7. The van der Waals surface area contributed by atoms with Crippen molar-refractivity contribution in [3.05, 3.63) is 68.6 Å². The van der Waals surface area contributed by atoms with Gasteiger partial charge >= 0.3 is 18.1 Å². The molecule has 0 atom stereocenters. The Bertz CT molecular complexity index is 1140. The number of alkyl halides is 3. The third-order valence-electron chi connectivity index (χ3n) is 7.96. The number of hydrogen-bond donors (Lipinski definition) is 1. The summed E-state index contributed by atoms with van der Waals surface area (Å²) in [6, 6.07) is 20.3. The minimum atomic E-state index is -4.64. The molecule has 2 aliphatic carbocycles. The Morgan fingerprint density at radius 2 is 1.25 bits per heavy atom. The zero-order valence-electron chi connectivity index (χ0n) is 25.8. The van der Waals surface area contributed by atoms with Crippen LogP contribution >= 0.6 is 31.9 Å². The van der Waals surface area contributed by atoms with Crippen LogP contribution in [0, 0.1) is 11.8 Å². The average molecular weight is 769 g/mol. The zero-order valence-corrected chi connectivity index (χ0v) is 30.2. The Hall–Kier alpha value is -2.02. The number of aliphatic hydroxyl groups is 1. The van der Waals surface area contributed by atoms with Crippen LogP contribution < -0.4 is 0 Å². The summed E-state index contributed by atoms with van der Waals surface area (Å²) in [4.78, 5) is 31.1. The van der Waals surface area contributed by atoms with E-state index < -0.39 is 18.1 Å². The number of carbonyl (C=O) groups is 3. The molecule has 0 bridgehead atoms. The molecule has 1 N–H and O–H groups in total. The number of methoxy groups -OCH3 is 2. The lowest BCUT2D eigenvalue weighted by Crippen LogP contribution is -2.44. The van der Waals surface area contributed by atoms with Crippen LogP contribution in [0.5, 0.6) is 0 Å². The molecule has 0 spiro atoms. The van der Waals surface area contributed by atoms with Gasteiger partial charge in [0.15, 0.2) is 0 Å². The highest BCUT2D eigenvalue weighted by atomic mass is 79.9. The van der Waals surface area contributed by atoms with Crippen molar-refractivity contribution in [2.24, 2.45) is 11.8 Å². The van der Waals surface area contributed by atoms with Crippen LogP contribution in [0.25, 0.3) is 0 Å². The van der Waals surface area contributed by atoms with Crippen molar-refractivity contribution in [3.8, 4) is 0 Å². The van der Waals surface area contributed by atoms with Crippen molar-refractivity contribution in [1.82, 2.24) is 0 Å². The standard InChI is InChI=1S/C12H13BrO3.C12H13BrO2.C6H16Si.C2HF3O/c1-16-11(14)8-6-12(15,7-8)9-2-4-10(13)5-3-9;1-15-12(14)10-6-9(7-10)8-2-4-11(13)5-3-8;1-4-7(5-2)6-3;3-2(4,5)1-6/h2-5,8,15H,6-7H2,1H3;2-5,9-10H,6-7H2,1H3;7H,4-6H2,1-3H3;1H. The number of aldehydes is 1. The second-order valence-electron chi connectivity index (χ2n) is 10.9. The van der Waals surface area contributed by atoms with E-state index in [1.165, 1.54) is 37.9 Å². The van der Waals surface area contributed by atoms with Crippen molar-refractivity contribution in [2.75, 3.05) is 14.2 Å². The Morgan fingerprint density at radius 3 is 1.59 bits per heavy atom. The summed E-state index contributed by atoms with van der Waals surface area (Å²) in [5.74, 6) is 0.176. The fourth-order valence-electron chi connectivity index (χ4n) is 4.93. The molecule has 0 heterocycles. The normalized spacial score (nSPS) is 21.8. The molecule has 2 aromatic carbocycles. The van der Waals surface area contributed by atoms with Crippen molar-refractivity contribution >= 4 is 58.9 Å². The largest absolute Gasteiger partial charge is 0.469 e. The van der Waals surface area contributed by atoms with E-state index in [1.807, 2.05) is 36.4 Å². The van der Waals surface area contributed by atoms with Crippen LogP contribution in [-0.2, 0) is 29.5 Å². The van der Waals surface area contributed by atoms with Gasteiger partial charge in [-0.25, -0.2) is 0 Å². The Balaban J connectivity index is 0.000000320. The molecule has 2 saturated carbocycles. The number of halogens is 5. The highest BCUT2D eigenvalue weighted by Crippen LogP contribution is 2.46. The number of hydrogen-bond acceptors (Lipinski definition) is 6. The minimum absolute atomic E-state index is 0.0663. The van der Waals surface area contributed by atoms with Crippen LogP contribution in [-0.4, -0.2) is 52.5 Å². The van der Waals surface area contributed by atoms with Crippen molar-refractivity contribution in [2.45, 2.75) is 82.3 Å². The van der Waals surface area contributed by atoms with Gasteiger partial charge in [-0.05, 0) is 67.0 Å². The Labute approximate surface area is 277 Å². The summed E-state index contributed by atoms with van der Waals surface area (Å²) in [5.41, 5.74) is 1.31. The number of ether oxygens (including phenoxy) is 2. The molecule has 246 valence electrons. The van der Waals surface area contributed by atoms with Gasteiger partial charge in [0.2, 0.25) is 6.29 Å². The maximum atomic E-state index is 11.2. The van der Waals surface area contributed by atoms with Gasteiger partial charge in [0.05, 0.1) is 31.7 Å². The second-order valence-corrected chi connectivity index (χ2v) is 16.9. The molecule has 0 aliphatic heterocycles. The van der Waals surface area contributed by atoms with Crippen LogP contribution in [0.15, 0.2) is 57.5 Å². The molecular formula is C32H43Br2F3O6Si. The second kappa shape index (κ2) is 19.5. The third-order valence-corrected chi connectivity index (χ3v) is 12.5. The van der Waals surface area contributed by atoms with Gasteiger partial charge in [0.25, 0.3) is 0 Å². The first-order valence-electron chi connectivity index (χ1n) is 14.6. The molecule has 2 aromatic rings. The number of carbonyl (C=O) groups excluding carboxylic acids is 3.